The van der Waals surface area contributed by atoms with Crippen molar-refractivity contribution in [1.29, 1.82) is 0 Å². The van der Waals surface area contributed by atoms with E-state index < -0.39 is 0 Å². The molecule has 0 spiro atoms. The van der Waals surface area contributed by atoms with Crippen LogP contribution in [-0.4, -0.2) is 61.1 Å². The van der Waals surface area contributed by atoms with Crippen molar-refractivity contribution < 1.29 is 4.79 Å². The van der Waals surface area contributed by atoms with Gasteiger partial charge in [0.15, 0.2) is 0 Å². The normalized spacial score (nSPS) is 22.9. The highest BCUT2D eigenvalue weighted by atomic mass is 35.5. The maximum atomic E-state index is 11.7. The Morgan fingerprint density at radius 1 is 1.20 bits per heavy atom. The summed E-state index contributed by atoms with van der Waals surface area (Å²) in [5.74, 6) is 2.61. The van der Waals surface area contributed by atoms with Gasteiger partial charge in [0.25, 0.3) is 0 Å². The van der Waals surface area contributed by atoms with E-state index in [0.29, 0.717) is 6.54 Å². The number of hydrogen-bond donors (Lipinski definition) is 2. The fourth-order valence-electron chi connectivity index (χ4n) is 3.34. The number of carbonyl (C=O) groups is 1. The van der Waals surface area contributed by atoms with Gasteiger partial charge in [-0.05, 0) is 19.9 Å². The molecule has 2 N–H and O–H groups in total. The molecule has 20 heavy (non-hydrogen) atoms. The molecular formula is C14H28ClN3OS. The predicted octanol–water partition coefficient (Wildman–Crippen LogP) is 1.50. The third kappa shape index (κ3) is 4.79. The number of carbonyl (C=O) groups excluding carboxylic acids is 1. The third-order valence-corrected chi connectivity index (χ3v) is 5.36. The van der Waals surface area contributed by atoms with Crippen molar-refractivity contribution in [3.8, 4) is 0 Å². The molecule has 2 aliphatic rings. The highest BCUT2D eigenvalue weighted by molar-refractivity contribution is 7.99. The first-order chi connectivity index (χ1) is 9.27. The average Bonchev–Trinajstić information content (AvgIpc) is 2.47. The number of nitrogens with zero attached hydrogens (tertiary/aromatic N) is 1. The second-order valence-corrected chi connectivity index (χ2v) is 6.92. The van der Waals surface area contributed by atoms with E-state index in [2.05, 4.69) is 27.3 Å². The number of nitrogens with one attached hydrogen (secondary N) is 2. The number of thioether (sulfide) groups is 1. The van der Waals surface area contributed by atoms with Crippen LogP contribution in [0.3, 0.4) is 0 Å². The van der Waals surface area contributed by atoms with Gasteiger partial charge in [0.2, 0.25) is 5.91 Å². The van der Waals surface area contributed by atoms with Crippen molar-refractivity contribution in [2.75, 3.05) is 44.7 Å². The Balaban J connectivity index is 0.00000200. The zero-order valence-corrected chi connectivity index (χ0v) is 14.1. The monoisotopic (exact) mass is 321 g/mol. The van der Waals surface area contributed by atoms with Gasteiger partial charge in [-0.2, -0.15) is 11.8 Å². The van der Waals surface area contributed by atoms with Crippen molar-refractivity contribution in [1.82, 2.24) is 15.5 Å². The Morgan fingerprint density at radius 3 is 2.45 bits per heavy atom. The third-order valence-electron chi connectivity index (χ3n) is 4.42. The van der Waals surface area contributed by atoms with Gasteiger partial charge in [-0.3, -0.25) is 9.69 Å². The highest BCUT2D eigenvalue weighted by Crippen LogP contribution is 2.34. The predicted molar refractivity (Wildman–Crippen MR) is 88.9 cm³/mol. The zero-order valence-electron chi connectivity index (χ0n) is 12.5. The van der Waals surface area contributed by atoms with Crippen LogP contribution in [0.4, 0.5) is 0 Å². The Labute approximate surface area is 133 Å². The Bertz CT molecular complexity index is 292. The van der Waals surface area contributed by atoms with Crippen molar-refractivity contribution in [2.45, 2.75) is 37.6 Å². The molecule has 1 saturated heterocycles. The molecule has 1 amide bonds. The van der Waals surface area contributed by atoms with Crippen molar-refractivity contribution >= 4 is 30.1 Å². The highest BCUT2D eigenvalue weighted by Gasteiger charge is 2.38. The first-order valence-electron chi connectivity index (χ1n) is 7.51. The fraction of sp³-hybridized carbons (Fsp3) is 0.929. The maximum absolute atomic E-state index is 11.7. The van der Waals surface area contributed by atoms with Crippen LogP contribution in [0.1, 0.15) is 32.1 Å². The second-order valence-electron chi connectivity index (χ2n) is 5.69. The molecule has 0 aromatic heterocycles. The molecule has 118 valence electrons. The largest absolute Gasteiger partial charge is 0.353 e. The summed E-state index contributed by atoms with van der Waals surface area (Å²) in [6.45, 7) is 3.63. The molecule has 4 nitrogen and oxygen atoms in total. The Morgan fingerprint density at radius 2 is 1.85 bits per heavy atom. The molecule has 6 heteroatoms. The topological polar surface area (TPSA) is 44.4 Å². The number of amides is 1. The minimum absolute atomic E-state index is 0. The number of rotatable bonds is 5. The average molecular weight is 322 g/mol. The Kier molecular flexibility index (Phi) is 8.25. The smallest absolute Gasteiger partial charge is 0.234 e. The lowest BCUT2D eigenvalue weighted by molar-refractivity contribution is -0.121. The van der Waals surface area contributed by atoms with Crippen molar-refractivity contribution in [3.63, 3.8) is 0 Å². The molecule has 1 saturated carbocycles. The Hall–Kier alpha value is 0.0300. The maximum Gasteiger partial charge on any atom is 0.234 e. The fourth-order valence-corrected chi connectivity index (χ4v) is 4.24. The van der Waals surface area contributed by atoms with Gasteiger partial charge in [0.1, 0.15) is 0 Å². The van der Waals surface area contributed by atoms with Crippen molar-refractivity contribution in [3.05, 3.63) is 0 Å². The van der Waals surface area contributed by atoms with E-state index in [9.17, 15) is 4.79 Å². The van der Waals surface area contributed by atoms with Crippen LogP contribution in [0, 0.1) is 0 Å². The van der Waals surface area contributed by atoms with Crippen LogP contribution in [0.15, 0.2) is 0 Å². The minimum Gasteiger partial charge on any atom is -0.353 e. The molecule has 1 heterocycles. The standard InChI is InChI=1S/C14H27N3OS.ClH/c1-15-11-13(18)16-12-14(5-3-2-4-6-14)17-7-9-19-10-8-17;/h15H,2-12H2,1H3,(H,16,18);1H. The van der Waals surface area contributed by atoms with Gasteiger partial charge >= 0.3 is 0 Å². The van der Waals surface area contributed by atoms with Gasteiger partial charge in [-0.15, -0.1) is 12.4 Å². The summed E-state index contributed by atoms with van der Waals surface area (Å²) in [4.78, 5) is 14.4. The summed E-state index contributed by atoms with van der Waals surface area (Å²) in [5.41, 5.74) is 0.239. The molecule has 0 radical (unpaired) electrons. The first-order valence-corrected chi connectivity index (χ1v) is 8.66. The SMILES string of the molecule is CNCC(=O)NCC1(N2CCSCC2)CCCCC1.Cl. The molecule has 1 aliphatic heterocycles. The van der Waals surface area contributed by atoms with Crippen LogP contribution < -0.4 is 10.6 Å². The van der Waals surface area contributed by atoms with E-state index in [1.54, 1.807) is 0 Å². The number of likely N-dealkylation sites (N-methyl/N-ethyl adjacent to an activating group) is 1. The lowest BCUT2D eigenvalue weighted by Gasteiger charge is -2.48. The quantitative estimate of drug-likeness (QED) is 0.805. The lowest BCUT2D eigenvalue weighted by Crippen LogP contribution is -2.59. The number of halogens is 1. The molecule has 2 fully saturated rings. The van der Waals surface area contributed by atoms with Gasteiger partial charge in [0, 0.05) is 36.7 Å². The number of hydrogen-bond acceptors (Lipinski definition) is 4. The van der Waals surface area contributed by atoms with Gasteiger partial charge in [0.05, 0.1) is 6.54 Å². The van der Waals surface area contributed by atoms with Crippen LogP contribution >= 0.6 is 24.2 Å². The summed E-state index contributed by atoms with van der Waals surface area (Å²) in [7, 11) is 1.82. The van der Waals surface area contributed by atoms with Crippen LogP contribution in [0.25, 0.3) is 0 Å². The summed E-state index contributed by atoms with van der Waals surface area (Å²) in [6.07, 6.45) is 6.47. The van der Waals surface area contributed by atoms with E-state index in [0.717, 1.165) is 6.54 Å². The molecule has 1 aliphatic carbocycles. The molecule has 0 aromatic carbocycles. The van der Waals surface area contributed by atoms with Crippen LogP contribution in [0.2, 0.25) is 0 Å². The first kappa shape index (κ1) is 18.1. The van der Waals surface area contributed by atoms with Gasteiger partial charge in [-0.25, -0.2) is 0 Å². The zero-order chi connectivity index (χ0) is 13.6. The molecule has 0 unspecified atom stereocenters. The molecular weight excluding hydrogens is 294 g/mol. The van der Waals surface area contributed by atoms with E-state index >= 15 is 0 Å². The molecule has 0 bridgehead atoms. The van der Waals surface area contributed by atoms with Gasteiger partial charge in [-0.1, -0.05) is 19.3 Å². The van der Waals surface area contributed by atoms with E-state index in [1.807, 2.05) is 7.05 Å². The second kappa shape index (κ2) is 9.13. The lowest BCUT2D eigenvalue weighted by atomic mass is 9.80. The van der Waals surface area contributed by atoms with Crippen LogP contribution in [0.5, 0.6) is 0 Å². The van der Waals surface area contributed by atoms with Crippen LogP contribution in [-0.2, 0) is 4.79 Å². The molecule has 0 aromatic rings. The molecule has 0 atom stereocenters. The van der Waals surface area contributed by atoms with E-state index in [4.69, 9.17) is 0 Å². The summed E-state index contributed by atoms with van der Waals surface area (Å²) in [6, 6.07) is 0. The van der Waals surface area contributed by atoms with E-state index in [-0.39, 0.29) is 23.9 Å². The van der Waals surface area contributed by atoms with E-state index in [1.165, 1.54) is 56.7 Å². The minimum atomic E-state index is 0. The van der Waals surface area contributed by atoms with Crippen molar-refractivity contribution in [2.24, 2.45) is 0 Å². The summed E-state index contributed by atoms with van der Waals surface area (Å²) in [5, 5.41) is 6.06. The molecule has 2 rings (SSSR count). The van der Waals surface area contributed by atoms with Gasteiger partial charge < -0.3 is 10.6 Å². The summed E-state index contributed by atoms with van der Waals surface area (Å²) >= 11 is 2.05. The summed E-state index contributed by atoms with van der Waals surface area (Å²) < 4.78 is 0.